The van der Waals surface area contributed by atoms with Crippen molar-refractivity contribution in [1.82, 2.24) is 20.3 Å². The molecule has 3 rings (SSSR count). The van der Waals surface area contributed by atoms with Gasteiger partial charge in [-0.3, -0.25) is 15.0 Å². The zero-order chi connectivity index (χ0) is 13.9. The number of hydrogen-bond acceptors (Lipinski definition) is 4. The maximum atomic E-state index is 6.38. The smallest absolute Gasteiger partial charge is 0.0877 e. The van der Waals surface area contributed by atoms with Gasteiger partial charge in [-0.15, -0.1) is 11.6 Å². The van der Waals surface area contributed by atoms with Crippen LogP contribution in [0.4, 0.5) is 0 Å². The van der Waals surface area contributed by atoms with Crippen LogP contribution >= 0.6 is 11.6 Å². The summed E-state index contributed by atoms with van der Waals surface area (Å²) in [6.07, 6.45) is 9.76. The summed E-state index contributed by atoms with van der Waals surface area (Å²) in [6.45, 7) is 2.10. The third kappa shape index (κ3) is 2.65. The largest absolute Gasteiger partial charge is 0.382 e. The topological polar surface area (TPSA) is 50.7 Å². The number of nitrogens with zero attached hydrogens (tertiary/aromatic N) is 3. The molecular formula is C15H15ClN4. The summed E-state index contributed by atoms with van der Waals surface area (Å²) in [4.78, 5) is 12.8. The second-order valence-electron chi connectivity index (χ2n) is 4.82. The monoisotopic (exact) mass is 286 g/mol. The summed E-state index contributed by atoms with van der Waals surface area (Å²) in [5.41, 5.74) is 3.92. The van der Waals surface area contributed by atoms with Gasteiger partial charge in [0.25, 0.3) is 0 Å². The van der Waals surface area contributed by atoms with Gasteiger partial charge in [0.2, 0.25) is 0 Å². The van der Waals surface area contributed by atoms with Crippen LogP contribution in [0.3, 0.4) is 0 Å². The number of nitrogens with one attached hydrogen (secondary N) is 1. The molecule has 1 N–H and O–H groups in total. The quantitative estimate of drug-likeness (QED) is 0.880. The number of fused-ring (bicyclic) bond motifs is 1. The second kappa shape index (κ2) is 5.59. The molecule has 2 aromatic heterocycles. The summed E-state index contributed by atoms with van der Waals surface area (Å²) in [6, 6.07) is 4.17. The first-order valence-corrected chi connectivity index (χ1v) is 6.99. The van der Waals surface area contributed by atoms with Crippen molar-refractivity contribution in [2.45, 2.75) is 24.8 Å². The molecule has 102 valence electrons. The highest BCUT2D eigenvalue weighted by Crippen LogP contribution is 2.33. The first-order valence-electron chi connectivity index (χ1n) is 6.56. The van der Waals surface area contributed by atoms with E-state index in [2.05, 4.69) is 33.3 Å². The number of aromatic nitrogens is 3. The Hall–Kier alpha value is -1.94. The first kappa shape index (κ1) is 13.1. The molecule has 4 nitrogen and oxygen atoms in total. The average Bonchev–Trinajstić information content (AvgIpc) is 2.48. The molecule has 0 spiro atoms. The molecule has 5 heteroatoms. The van der Waals surface area contributed by atoms with Gasteiger partial charge in [-0.2, -0.15) is 0 Å². The average molecular weight is 287 g/mol. The molecule has 2 unspecified atom stereocenters. The van der Waals surface area contributed by atoms with Gasteiger partial charge >= 0.3 is 0 Å². The Bertz CT molecular complexity index is 627. The summed E-state index contributed by atoms with van der Waals surface area (Å²) in [5, 5.41) is 3.34. The Balaban J connectivity index is 1.81. The number of pyridine rings is 1. The third-order valence-corrected chi connectivity index (χ3v) is 3.71. The Morgan fingerprint density at radius 3 is 2.95 bits per heavy atom. The van der Waals surface area contributed by atoms with E-state index in [1.165, 1.54) is 0 Å². The number of allylic oxidation sites excluding steroid dienone is 1. The molecule has 0 aromatic carbocycles. The van der Waals surface area contributed by atoms with E-state index in [1.807, 2.05) is 18.3 Å². The molecule has 0 bridgehead atoms. The maximum absolute atomic E-state index is 6.38. The van der Waals surface area contributed by atoms with Gasteiger partial charge in [-0.25, -0.2) is 0 Å². The molecule has 0 saturated carbocycles. The molecule has 1 aliphatic rings. The summed E-state index contributed by atoms with van der Waals surface area (Å²) >= 11 is 6.38. The van der Waals surface area contributed by atoms with Crippen LogP contribution in [0, 0.1) is 0 Å². The van der Waals surface area contributed by atoms with Crippen molar-refractivity contribution >= 4 is 17.7 Å². The molecule has 2 atom stereocenters. The van der Waals surface area contributed by atoms with E-state index in [4.69, 9.17) is 11.6 Å². The normalized spacial score (nSPS) is 18.9. The molecule has 0 radical (unpaired) electrons. The van der Waals surface area contributed by atoms with Crippen molar-refractivity contribution < 1.29 is 0 Å². The summed E-state index contributed by atoms with van der Waals surface area (Å²) in [5.74, 6) is 0. The highest BCUT2D eigenvalue weighted by molar-refractivity contribution is 6.21. The lowest BCUT2D eigenvalue weighted by atomic mass is 10.0. The minimum absolute atomic E-state index is 0.132. The van der Waals surface area contributed by atoms with E-state index in [-0.39, 0.29) is 11.4 Å². The van der Waals surface area contributed by atoms with E-state index in [0.29, 0.717) is 0 Å². The van der Waals surface area contributed by atoms with E-state index in [9.17, 15) is 0 Å². The van der Waals surface area contributed by atoms with Crippen molar-refractivity contribution in [3.05, 3.63) is 59.6 Å². The predicted molar refractivity (Wildman–Crippen MR) is 79.0 cm³/mol. The van der Waals surface area contributed by atoms with Crippen LogP contribution in [0.2, 0.25) is 0 Å². The van der Waals surface area contributed by atoms with E-state index >= 15 is 0 Å². The van der Waals surface area contributed by atoms with Crippen LogP contribution in [-0.2, 0) is 0 Å². The van der Waals surface area contributed by atoms with E-state index in [1.54, 1.807) is 18.6 Å². The van der Waals surface area contributed by atoms with Crippen LogP contribution in [-0.4, -0.2) is 15.0 Å². The van der Waals surface area contributed by atoms with Gasteiger partial charge in [0.15, 0.2) is 0 Å². The van der Waals surface area contributed by atoms with Gasteiger partial charge < -0.3 is 5.32 Å². The van der Waals surface area contributed by atoms with Crippen molar-refractivity contribution in [3.8, 4) is 0 Å². The lowest BCUT2D eigenvalue weighted by Crippen LogP contribution is -2.21. The zero-order valence-corrected chi connectivity index (χ0v) is 11.9. The Morgan fingerprint density at radius 1 is 1.30 bits per heavy atom. The van der Waals surface area contributed by atoms with Crippen molar-refractivity contribution in [3.63, 3.8) is 0 Å². The van der Waals surface area contributed by atoms with E-state index in [0.717, 1.165) is 29.1 Å². The SMILES string of the molecule is CC(NC1=Cc2nccnc2C(Cl)C1)c1cccnc1. The second-order valence-corrected chi connectivity index (χ2v) is 5.35. The number of alkyl halides is 1. The molecule has 0 amide bonds. The molecule has 1 aliphatic carbocycles. The highest BCUT2D eigenvalue weighted by atomic mass is 35.5. The van der Waals surface area contributed by atoms with Gasteiger partial charge in [-0.05, 0) is 24.6 Å². The fourth-order valence-electron chi connectivity index (χ4n) is 2.32. The van der Waals surface area contributed by atoms with E-state index < -0.39 is 0 Å². The van der Waals surface area contributed by atoms with Crippen LogP contribution < -0.4 is 5.32 Å². The maximum Gasteiger partial charge on any atom is 0.0877 e. The highest BCUT2D eigenvalue weighted by Gasteiger charge is 2.22. The first-order chi connectivity index (χ1) is 9.74. The Labute approximate surface area is 122 Å². The van der Waals surface area contributed by atoms with Crippen molar-refractivity contribution in [2.75, 3.05) is 0 Å². The van der Waals surface area contributed by atoms with Crippen LogP contribution in [0.15, 0.2) is 42.6 Å². The molecule has 20 heavy (non-hydrogen) atoms. The lowest BCUT2D eigenvalue weighted by molar-refractivity contribution is 0.617. The van der Waals surface area contributed by atoms with Crippen molar-refractivity contribution in [2.24, 2.45) is 0 Å². The molecule has 2 aromatic rings. The molecule has 2 heterocycles. The fourth-order valence-corrected chi connectivity index (χ4v) is 2.65. The standard InChI is InChI=1S/C15H15ClN4/c1-10(11-3-2-4-17-9-11)20-12-7-13(16)15-14(8-12)18-5-6-19-15/h2-6,8-10,13,20H,7H2,1H3. The fraction of sp³-hybridized carbons (Fsp3) is 0.267. The number of halogens is 1. The van der Waals surface area contributed by atoms with Crippen LogP contribution in [0.25, 0.3) is 6.08 Å². The molecule has 0 aliphatic heterocycles. The molecular weight excluding hydrogens is 272 g/mol. The van der Waals surface area contributed by atoms with Gasteiger partial charge in [0, 0.05) is 42.9 Å². The van der Waals surface area contributed by atoms with Crippen LogP contribution in [0.5, 0.6) is 0 Å². The van der Waals surface area contributed by atoms with Gasteiger partial charge in [0.1, 0.15) is 0 Å². The summed E-state index contributed by atoms with van der Waals surface area (Å²) in [7, 11) is 0. The zero-order valence-electron chi connectivity index (χ0n) is 11.1. The third-order valence-electron chi connectivity index (χ3n) is 3.35. The number of hydrogen-bond donors (Lipinski definition) is 1. The minimum Gasteiger partial charge on any atom is -0.382 e. The predicted octanol–water partition coefficient (Wildman–Crippen LogP) is 3.25. The lowest BCUT2D eigenvalue weighted by Gasteiger charge is -2.23. The Morgan fingerprint density at radius 2 is 2.15 bits per heavy atom. The minimum atomic E-state index is -0.132. The number of rotatable bonds is 3. The van der Waals surface area contributed by atoms with Gasteiger partial charge in [0.05, 0.1) is 16.8 Å². The molecule has 0 saturated heterocycles. The molecule has 0 fully saturated rings. The van der Waals surface area contributed by atoms with Crippen molar-refractivity contribution in [1.29, 1.82) is 0 Å². The van der Waals surface area contributed by atoms with Crippen LogP contribution in [0.1, 0.15) is 41.7 Å². The Kier molecular flexibility index (Phi) is 3.65. The summed E-state index contributed by atoms with van der Waals surface area (Å²) < 4.78 is 0. The van der Waals surface area contributed by atoms with Gasteiger partial charge in [-0.1, -0.05) is 6.07 Å².